The summed E-state index contributed by atoms with van der Waals surface area (Å²) in [4.78, 5) is 20.4. The van der Waals surface area contributed by atoms with Gasteiger partial charge < -0.3 is 4.74 Å². The predicted octanol–water partition coefficient (Wildman–Crippen LogP) is 0.572. The van der Waals surface area contributed by atoms with E-state index in [4.69, 9.17) is 0 Å². The quantitative estimate of drug-likeness (QED) is 0.302. The van der Waals surface area contributed by atoms with Gasteiger partial charge >= 0.3 is 5.97 Å². The number of allylic oxidation sites excluding steroid dienone is 2. The van der Waals surface area contributed by atoms with Crippen molar-refractivity contribution in [1.82, 2.24) is 0 Å². The molecule has 0 atom stereocenters. The molecule has 0 amide bonds. The maximum atomic E-state index is 10.5. The lowest BCUT2D eigenvalue weighted by atomic mass is 10.2. The van der Waals surface area contributed by atoms with Crippen LogP contribution in [0.4, 0.5) is 0 Å². The summed E-state index contributed by atoms with van der Waals surface area (Å²) in [6, 6.07) is 0. The average Bonchev–Trinajstić information content (AvgIpc) is 2.13. The van der Waals surface area contributed by atoms with Crippen LogP contribution in [0, 0.1) is 0 Å². The van der Waals surface area contributed by atoms with Crippen LogP contribution < -0.4 is 0 Å². The van der Waals surface area contributed by atoms with Gasteiger partial charge in [0, 0.05) is 12.2 Å². The second-order valence-corrected chi connectivity index (χ2v) is 1.92. The van der Waals surface area contributed by atoms with E-state index in [-0.39, 0.29) is 0 Å². The third-order valence-corrected chi connectivity index (χ3v) is 1.15. The van der Waals surface area contributed by atoms with Crippen molar-refractivity contribution in [2.45, 2.75) is 6.92 Å². The minimum atomic E-state index is -0.411. The minimum absolute atomic E-state index is 0.347. The Balaban J connectivity index is 2.87. The number of esters is 1. The molecule has 0 spiro atoms. The Bertz CT molecular complexity index is 235. The molecule has 52 valence electrons. The molecule has 3 heteroatoms. The van der Waals surface area contributed by atoms with Gasteiger partial charge in [-0.2, -0.15) is 0 Å². The van der Waals surface area contributed by atoms with Crippen molar-refractivity contribution in [2.75, 3.05) is 0 Å². The van der Waals surface area contributed by atoms with E-state index in [1.807, 2.05) is 0 Å². The van der Waals surface area contributed by atoms with E-state index in [2.05, 4.69) is 4.74 Å². The van der Waals surface area contributed by atoms with E-state index in [1.54, 1.807) is 6.92 Å². The summed E-state index contributed by atoms with van der Waals surface area (Å²) >= 11 is 0. The normalized spacial score (nSPS) is 20.7. The van der Waals surface area contributed by atoms with E-state index in [1.165, 1.54) is 12.2 Å². The number of rotatable bonds is 1. The molecule has 0 aliphatic carbocycles. The zero-order chi connectivity index (χ0) is 7.56. The number of cyclic esters (lactones) is 1. The SMILES string of the molecule is CC1=CC(=O)O/C1=C\C=O. The summed E-state index contributed by atoms with van der Waals surface area (Å²) in [6.07, 6.45) is 3.15. The fraction of sp³-hybridized carbons (Fsp3) is 0.143. The zero-order valence-corrected chi connectivity index (χ0v) is 5.46. The first-order valence-corrected chi connectivity index (χ1v) is 2.80. The van der Waals surface area contributed by atoms with Crippen molar-refractivity contribution in [3.8, 4) is 0 Å². The van der Waals surface area contributed by atoms with Gasteiger partial charge in [0.15, 0.2) is 0 Å². The average molecular weight is 138 g/mol. The van der Waals surface area contributed by atoms with Gasteiger partial charge in [-0.1, -0.05) is 0 Å². The smallest absolute Gasteiger partial charge is 0.336 e. The molecule has 0 saturated heterocycles. The highest BCUT2D eigenvalue weighted by Crippen LogP contribution is 2.17. The van der Waals surface area contributed by atoms with Crippen LogP contribution in [0.3, 0.4) is 0 Å². The first-order valence-electron chi connectivity index (χ1n) is 2.80. The van der Waals surface area contributed by atoms with Gasteiger partial charge in [0.25, 0.3) is 0 Å². The van der Waals surface area contributed by atoms with E-state index in [0.29, 0.717) is 17.6 Å². The lowest BCUT2D eigenvalue weighted by Gasteiger charge is -1.93. The molecular weight excluding hydrogens is 132 g/mol. The summed E-state index contributed by atoms with van der Waals surface area (Å²) in [5, 5.41) is 0. The summed E-state index contributed by atoms with van der Waals surface area (Å²) in [6.45, 7) is 1.71. The summed E-state index contributed by atoms with van der Waals surface area (Å²) < 4.78 is 4.61. The summed E-state index contributed by atoms with van der Waals surface area (Å²) in [5.74, 6) is -0.0643. The molecule has 1 rings (SSSR count). The Morgan fingerprint density at radius 2 is 2.30 bits per heavy atom. The number of aldehydes is 1. The van der Waals surface area contributed by atoms with Gasteiger partial charge in [-0.3, -0.25) is 4.79 Å². The maximum absolute atomic E-state index is 10.5. The summed E-state index contributed by atoms with van der Waals surface area (Å²) in [5.41, 5.74) is 0.692. The Morgan fingerprint density at radius 1 is 1.60 bits per heavy atom. The molecule has 3 nitrogen and oxygen atoms in total. The molecule has 1 heterocycles. The second kappa shape index (κ2) is 2.47. The molecule has 0 aromatic rings. The van der Waals surface area contributed by atoms with Crippen molar-refractivity contribution in [2.24, 2.45) is 0 Å². The maximum Gasteiger partial charge on any atom is 0.336 e. The van der Waals surface area contributed by atoms with E-state index >= 15 is 0 Å². The first-order chi connectivity index (χ1) is 4.74. The van der Waals surface area contributed by atoms with Gasteiger partial charge in [0.1, 0.15) is 12.0 Å². The molecular formula is C7H6O3. The number of hydrogen-bond donors (Lipinski definition) is 0. The standard InChI is InChI=1S/C7H6O3/c1-5-4-7(9)10-6(5)2-3-8/h2-4H,1H3/b6-2-. The van der Waals surface area contributed by atoms with Crippen molar-refractivity contribution in [3.63, 3.8) is 0 Å². The van der Waals surface area contributed by atoms with Crippen molar-refractivity contribution >= 4 is 12.3 Å². The third-order valence-electron chi connectivity index (χ3n) is 1.15. The predicted molar refractivity (Wildman–Crippen MR) is 34.0 cm³/mol. The highest BCUT2D eigenvalue weighted by molar-refractivity contribution is 5.89. The monoisotopic (exact) mass is 138 g/mol. The fourth-order valence-electron chi connectivity index (χ4n) is 0.694. The molecule has 0 fully saturated rings. The molecule has 1 aliphatic heterocycles. The number of hydrogen-bond acceptors (Lipinski definition) is 3. The minimum Gasteiger partial charge on any atom is -0.423 e. The van der Waals surface area contributed by atoms with Crippen LogP contribution in [0.15, 0.2) is 23.5 Å². The number of carbonyl (C=O) groups excluding carboxylic acids is 2. The Labute approximate surface area is 58.0 Å². The van der Waals surface area contributed by atoms with Gasteiger partial charge in [-0.15, -0.1) is 0 Å². The van der Waals surface area contributed by atoms with Crippen LogP contribution in [0.2, 0.25) is 0 Å². The third kappa shape index (κ3) is 1.13. The number of carbonyl (C=O) groups is 2. The van der Waals surface area contributed by atoms with Gasteiger partial charge in [0.2, 0.25) is 0 Å². The van der Waals surface area contributed by atoms with Crippen molar-refractivity contribution in [3.05, 3.63) is 23.5 Å². The van der Waals surface area contributed by atoms with Gasteiger partial charge in [0.05, 0.1) is 0 Å². The molecule has 0 saturated carbocycles. The van der Waals surface area contributed by atoms with Gasteiger partial charge in [-0.05, 0) is 12.5 Å². The summed E-state index contributed by atoms with van der Waals surface area (Å²) in [7, 11) is 0. The molecule has 0 unspecified atom stereocenters. The fourth-order valence-corrected chi connectivity index (χ4v) is 0.694. The highest BCUT2D eigenvalue weighted by Gasteiger charge is 2.14. The molecule has 10 heavy (non-hydrogen) atoms. The lowest BCUT2D eigenvalue weighted by molar-refractivity contribution is -0.132. The number of ether oxygens (including phenoxy) is 1. The van der Waals surface area contributed by atoms with Crippen molar-refractivity contribution in [1.29, 1.82) is 0 Å². The first kappa shape index (κ1) is 6.74. The van der Waals surface area contributed by atoms with Crippen LogP contribution in [-0.2, 0) is 14.3 Å². The van der Waals surface area contributed by atoms with Gasteiger partial charge in [-0.25, -0.2) is 4.79 Å². The molecule has 0 N–H and O–H groups in total. The van der Waals surface area contributed by atoms with Crippen molar-refractivity contribution < 1.29 is 14.3 Å². The van der Waals surface area contributed by atoms with Crippen LogP contribution in [0.1, 0.15) is 6.92 Å². The Kier molecular flexibility index (Phi) is 1.67. The Hall–Kier alpha value is -1.38. The van der Waals surface area contributed by atoms with E-state index in [9.17, 15) is 9.59 Å². The van der Waals surface area contributed by atoms with Crippen LogP contribution >= 0.6 is 0 Å². The molecule has 0 aromatic carbocycles. The van der Waals surface area contributed by atoms with Crippen LogP contribution in [0.5, 0.6) is 0 Å². The lowest BCUT2D eigenvalue weighted by Crippen LogP contribution is -1.90. The zero-order valence-electron chi connectivity index (χ0n) is 5.46. The molecule has 0 radical (unpaired) electrons. The van der Waals surface area contributed by atoms with E-state index in [0.717, 1.165) is 0 Å². The molecule has 0 aromatic heterocycles. The van der Waals surface area contributed by atoms with Crippen LogP contribution in [0.25, 0.3) is 0 Å². The molecule has 0 bridgehead atoms. The molecule has 1 aliphatic rings. The second-order valence-electron chi connectivity index (χ2n) is 1.92. The van der Waals surface area contributed by atoms with Crippen LogP contribution in [-0.4, -0.2) is 12.3 Å². The topological polar surface area (TPSA) is 43.4 Å². The largest absolute Gasteiger partial charge is 0.423 e. The Morgan fingerprint density at radius 3 is 2.70 bits per heavy atom. The highest BCUT2D eigenvalue weighted by atomic mass is 16.5. The van der Waals surface area contributed by atoms with E-state index < -0.39 is 5.97 Å².